The highest BCUT2D eigenvalue weighted by atomic mass is 16.1. The van der Waals surface area contributed by atoms with Crippen molar-refractivity contribution in [2.24, 2.45) is 5.41 Å². The van der Waals surface area contributed by atoms with E-state index < -0.39 is 0 Å². The third-order valence-corrected chi connectivity index (χ3v) is 3.20. The zero-order valence-electron chi connectivity index (χ0n) is 7.73. The molecule has 2 fully saturated rings. The van der Waals surface area contributed by atoms with E-state index in [1.165, 1.54) is 12.8 Å². The molecule has 1 saturated heterocycles. The van der Waals surface area contributed by atoms with Crippen molar-refractivity contribution in [2.45, 2.75) is 45.1 Å². The second-order valence-electron chi connectivity index (χ2n) is 4.35. The second-order valence-corrected chi connectivity index (χ2v) is 4.35. The van der Waals surface area contributed by atoms with E-state index in [1.54, 1.807) is 0 Å². The summed E-state index contributed by atoms with van der Waals surface area (Å²) in [5, 5.41) is 3.34. The molecular weight excluding hydrogens is 150 g/mol. The molecule has 0 amide bonds. The second kappa shape index (κ2) is 2.84. The topological polar surface area (TPSA) is 29.1 Å². The van der Waals surface area contributed by atoms with Crippen molar-refractivity contribution in [3.63, 3.8) is 0 Å². The first-order valence-electron chi connectivity index (χ1n) is 5.02. The number of carbonyl (C=O) groups is 1. The van der Waals surface area contributed by atoms with E-state index in [-0.39, 0.29) is 6.04 Å². The monoisotopic (exact) mass is 167 g/mol. The van der Waals surface area contributed by atoms with Crippen LogP contribution in [0, 0.1) is 5.41 Å². The van der Waals surface area contributed by atoms with E-state index in [2.05, 4.69) is 12.2 Å². The Morgan fingerprint density at radius 3 is 2.83 bits per heavy atom. The van der Waals surface area contributed by atoms with Gasteiger partial charge in [0.15, 0.2) is 0 Å². The Labute approximate surface area is 73.7 Å². The zero-order valence-corrected chi connectivity index (χ0v) is 7.73. The van der Waals surface area contributed by atoms with E-state index in [0.29, 0.717) is 11.2 Å². The van der Waals surface area contributed by atoms with Gasteiger partial charge < -0.3 is 5.32 Å². The molecule has 0 bridgehead atoms. The molecule has 2 nitrogen and oxygen atoms in total. The standard InChI is InChI=1S/C10H17NO/c1-2-3-9(12)8-6-10(4-5-10)7-11-8/h8,11H,2-7H2,1H3. The van der Waals surface area contributed by atoms with Crippen LogP contribution in [-0.4, -0.2) is 18.4 Å². The fourth-order valence-electron chi connectivity index (χ4n) is 2.12. The first-order chi connectivity index (χ1) is 5.76. The Morgan fingerprint density at radius 1 is 1.58 bits per heavy atom. The molecule has 2 rings (SSSR count). The van der Waals surface area contributed by atoms with Crippen molar-refractivity contribution in [3.05, 3.63) is 0 Å². The van der Waals surface area contributed by atoms with Gasteiger partial charge in [-0.25, -0.2) is 0 Å². The van der Waals surface area contributed by atoms with Crippen LogP contribution in [0.3, 0.4) is 0 Å². The highest BCUT2D eigenvalue weighted by Gasteiger charge is 2.49. The van der Waals surface area contributed by atoms with Gasteiger partial charge in [-0.15, -0.1) is 0 Å². The number of nitrogens with one attached hydrogen (secondary N) is 1. The average Bonchev–Trinajstić information content (AvgIpc) is 2.62. The Balaban J connectivity index is 1.86. The summed E-state index contributed by atoms with van der Waals surface area (Å²) < 4.78 is 0. The van der Waals surface area contributed by atoms with Gasteiger partial charge in [-0.05, 0) is 31.1 Å². The van der Waals surface area contributed by atoms with E-state index in [9.17, 15) is 4.79 Å². The fraction of sp³-hybridized carbons (Fsp3) is 0.900. The normalized spacial score (nSPS) is 30.9. The summed E-state index contributed by atoms with van der Waals surface area (Å²) in [5.74, 6) is 0.432. The quantitative estimate of drug-likeness (QED) is 0.690. The van der Waals surface area contributed by atoms with Gasteiger partial charge in [-0.3, -0.25) is 4.79 Å². The first kappa shape index (κ1) is 8.24. The van der Waals surface area contributed by atoms with Crippen molar-refractivity contribution in [2.75, 3.05) is 6.54 Å². The van der Waals surface area contributed by atoms with Crippen LogP contribution in [0.5, 0.6) is 0 Å². The molecule has 12 heavy (non-hydrogen) atoms. The van der Waals surface area contributed by atoms with Gasteiger partial charge in [-0.1, -0.05) is 6.92 Å². The number of ketones is 1. The van der Waals surface area contributed by atoms with Gasteiger partial charge in [0, 0.05) is 13.0 Å². The molecule has 2 aliphatic rings. The average molecular weight is 167 g/mol. The molecule has 68 valence electrons. The third kappa shape index (κ3) is 1.40. The van der Waals surface area contributed by atoms with Crippen LogP contribution in [0.25, 0.3) is 0 Å². The van der Waals surface area contributed by atoms with Crippen LogP contribution in [0.1, 0.15) is 39.0 Å². The Kier molecular flexibility index (Phi) is 1.95. The third-order valence-electron chi connectivity index (χ3n) is 3.20. The molecule has 1 spiro atoms. The number of hydrogen-bond donors (Lipinski definition) is 1. The zero-order chi connectivity index (χ0) is 8.60. The van der Waals surface area contributed by atoms with E-state index in [4.69, 9.17) is 0 Å². The molecule has 1 aliphatic carbocycles. The molecule has 0 aromatic carbocycles. The van der Waals surface area contributed by atoms with Crippen LogP contribution in [-0.2, 0) is 4.79 Å². The molecule has 1 aliphatic heterocycles. The Bertz CT molecular complexity index is 196. The Hall–Kier alpha value is -0.370. The van der Waals surface area contributed by atoms with Crippen molar-refractivity contribution in [1.29, 1.82) is 0 Å². The lowest BCUT2D eigenvalue weighted by Crippen LogP contribution is -2.30. The van der Waals surface area contributed by atoms with Gasteiger partial charge in [0.25, 0.3) is 0 Å². The van der Waals surface area contributed by atoms with E-state index >= 15 is 0 Å². The van der Waals surface area contributed by atoms with Crippen LogP contribution >= 0.6 is 0 Å². The predicted molar refractivity (Wildman–Crippen MR) is 48.0 cm³/mol. The Morgan fingerprint density at radius 2 is 2.33 bits per heavy atom. The van der Waals surface area contributed by atoms with Gasteiger partial charge in [0.2, 0.25) is 0 Å². The highest BCUT2D eigenvalue weighted by Crippen LogP contribution is 2.51. The lowest BCUT2D eigenvalue weighted by atomic mass is 9.99. The maximum atomic E-state index is 11.5. The lowest BCUT2D eigenvalue weighted by molar-refractivity contribution is -0.120. The van der Waals surface area contributed by atoms with Crippen molar-refractivity contribution < 1.29 is 4.79 Å². The molecule has 1 atom stereocenters. The van der Waals surface area contributed by atoms with Crippen molar-refractivity contribution in [3.8, 4) is 0 Å². The minimum Gasteiger partial charge on any atom is -0.307 e. The van der Waals surface area contributed by atoms with E-state index in [1.807, 2.05) is 0 Å². The molecule has 1 heterocycles. The molecule has 1 unspecified atom stereocenters. The van der Waals surface area contributed by atoms with Crippen LogP contribution in [0.15, 0.2) is 0 Å². The molecule has 1 N–H and O–H groups in total. The highest BCUT2D eigenvalue weighted by molar-refractivity contribution is 5.84. The summed E-state index contributed by atoms with van der Waals surface area (Å²) in [4.78, 5) is 11.5. The maximum absolute atomic E-state index is 11.5. The summed E-state index contributed by atoms with van der Waals surface area (Å²) in [6, 6.07) is 0.201. The molecule has 0 aromatic rings. The van der Waals surface area contributed by atoms with Gasteiger partial charge in [0.1, 0.15) is 5.78 Å². The summed E-state index contributed by atoms with van der Waals surface area (Å²) in [7, 11) is 0. The van der Waals surface area contributed by atoms with Gasteiger partial charge in [-0.2, -0.15) is 0 Å². The smallest absolute Gasteiger partial charge is 0.149 e. The predicted octanol–water partition coefficient (Wildman–Crippen LogP) is 1.50. The SMILES string of the molecule is CCCC(=O)C1CC2(CC2)CN1. The lowest BCUT2D eigenvalue weighted by Gasteiger charge is -2.07. The minimum absolute atomic E-state index is 0.201. The molecular formula is C10H17NO. The van der Waals surface area contributed by atoms with E-state index in [0.717, 1.165) is 25.8 Å². The first-order valence-corrected chi connectivity index (χ1v) is 5.02. The fourth-order valence-corrected chi connectivity index (χ4v) is 2.12. The summed E-state index contributed by atoms with van der Waals surface area (Å²) in [6.45, 7) is 3.16. The maximum Gasteiger partial charge on any atom is 0.149 e. The number of hydrogen-bond acceptors (Lipinski definition) is 2. The van der Waals surface area contributed by atoms with Crippen LogP contribution in [0.4, 0.5) is 0 Å². The summed E-state index contributed by atoms with van der Waals surface area (Å²) >= 11 is 0. The van der Waals surface area contributed by atoms with Gasteiger partial charge >= 0.3 is 0 Å². The van der Waals surface area contributed by atoms with Crippen LogP contribution < -0.4 is 5.32 Å². The molecule has 0 radical (unpaired) electrons. The number of Topliss-reactive ketones (excluding diaryl/α,β-unsaturated/α-hetero) is 1. The van der Waals surface area contributed by atoms with Crippen molar-refractivity contribution >= 4 is 5.78 Å². The molecule has 2 heteroatoms. The van der Waals surface area contributed by atoms with Gasteiger partial charge in [0.05, 0.1) is 6.04 Å². The summed E-state index contributed by atoms with van der Waals surface area (Å²) in [6.07, 6.45) is 5.55. The summed E-state index contributed by atoms with van der Waals surface area (Å²) in [5.41, 5.74) is 0.564. The van der Waals surface area contributed by atoms with Crippen molar-refractivity contribution in [1.82, 2.24) is 5.32 Å². The minimum atomic E-state index is 0.201. The number of rotatable bonds is 3. The van der Waals surface area contributed by atoms with Crippen LogP contribution in [0.2, 0.25) is 0 Å². The molecule has 1 saturated carbocycles. The number of carbonyl (C=O) groups excluding carboxylic acids is 1. The largest absolute Gasteiger partial charge is 0.307 e. The molecule has 0 aromatic heterocycles.